The minimum absolute atomic E-state index is 0.0997. The molecule has 1 heterocycles. The first kappa shape index (κ1) is 19.6. The highest BCUT2D eigenvalue weighted by Gasteiger charge is 2.16. The zero-order valence-electron chi connectivity index (χ0n) is 16.3. The number of methoxy groups -OCH3 is 1. The normalized spacial score (nSPS) is 10.6. The number of rotatable bonds is 9. The van der Waals surface area contributed by atoms with E-state index >= 15 is 0 Å². The fourth-order valence-electron chi connectivity index (χ4n) is 2.96. The summed E-state index contributed by atoms with van der Waals surface area (Å²) in [7, 11) is 1.62. The maximum absolute atomic E-state index is 12.5. The fourth-order valence-corrected chi connectivity index (χ4v) is 2.96. The molecule has 2 aromatic carbocycles. The van der Waals surface area contributed by atoms with Gasteiger partial charge in [-0.3, -0.25) is 4.79 Å². The summed E-state index contributed by atoms with van der Waals surface area (Å²) in [5.41, 5.74) is 2.09. The van der Waals surface area contributed by atoms with Crippen LogP contribution >= 0.6 is 0 Å². The van der Waals surface area contributed by atoms with Crippen molar-refractivity contribution in [3.8, 4) is 17.1 Å². The number of aromatic nitrogens is 2. The third-order valence-electron chi connectivity index (χ3n) is 4.58. The van der Waals surface area contributed by atoms with Gasteiger partial charge in [0.05, 0.1) is 13.7 Å². The standard InChI is InChI=1S/C22H25N3O3/c1-3-25(21(26)11-7-10-17-8-5-4-6-9-17)16-20-23-22(24-28-20)18-12-14-19(27-2)15-13-18/h4-6,8-9,12-15H,3,7,10-11,16H2,1-2H3. The van der Waals surface area contributed by atoms with E-state index < -0.39 is 0 Å². The van der Waals surface area contributed by atoms with Gasteiger partial charge in [-0.1, -0.05) is 35.5 Å². The van der Waals surface area contributed by atoms with Gasteiger partial charge in [0, 0.05) is 18.5 Å². The zero-order valence-corrected chi connectivity index (χ0v) is 16.3. The topological polar surface area (TPSA) is 68.5 Å². The van der Waals surface area contributed by atoms with Crippen molar-refractivity contribution < 1.29 is 14.1 Å². The minimum Gasteiger partial charge on any atom is -0.497 e. The van der Waals surface area contributed by atoms with E-state index in [4.69, 9.17) is 9.26 Å². The molecule has 3 aromatic rings. The molecule has 0 aliphatic rings. The molecule has 146 valence electrons. The Balaban J connectivity index is 1.55. The number of hydrogen-bond acceptors (Lipinski definition) is 5. The summed E-state index contributed by atoms with van der Waals surface area (Å²) in [5, 5.41) is 4.03. The maximum atomic E-state index is 12.5. The van der Waals surface area contributed by atoms with E-state index in [1.165, 1.54) is 5.56 Å². The number of carbonyl (C=O) groups is 1. The number of carbonyl (C=O) groups excluding carboxylic acids is 1. The first-order valence-electron chi connectivity index (χ1n) is 9.48. The van der Waals surface area contributed by atoms with Crippen LogP contribution in [0.4, 0.5) is 0 Å². The highest BCUT2D eigenvalue weighted by molar-refractivity contribution is 5.76. The Morgan fingerprint density at radius 1 is 1.11 bits per heavy atom. The summed E-state index contributed by atoms with van der Waals surface area (Å²) in [6.45, 7) is 2.88. The number of amides is 1. The second-order valence-electron chi connectivity index (χ2n) is 6.49. The molecule has 6 nitrogen and oxygen atoms in total. The summed E-state index contributed by atoms with van der Waals surface area (Å²) in [6.07, 6.45) is 2.22. The van der Waals surface area contributed by atoms with Gasteiger partial charge in [0.2, 0.25) is 17.6 Å². The number of aryl methyl sites for hydroxylation is 1. The molecule has 0 saturated carbocycles. The Hall–Kier alpha value is -3.15. The van der Waals surface area contributed by atoms with Gasteiger partial charge in [-0.05, 0) is 49.6 Å². The molecular weight excluding hydrogens is 354 g/mol. The molecular formula is C22H25N3O3. The lowest BCUT2D eigenvalue weighted by molar-refractivity contribution is -0.132. The van der Waals surface area contributed by atoms with Crippen LogP contribution in [0.25, 0.3) is 11.4 Å². The third-order valence-corrected chi connectivity index (χ3v) is 4.58. The van der Waals surface area contributed by atoms with Crippen LogP contribution in [0.15, 0.2) is 59.1 Å². The summed E-state index contributed by atoms with van der Waals surface area (Å²) in [4.78, 5) is 18.7. The van der Waals surface area contributed by atoms with Crippen LogP contribution in [0.1, 0.15) is 31.2 Å². The molecule has 28 heavy (non-hydrogen) atoms. The van der Waals surface area contributed by atoms with Crippen molar-refractivity contribution in [2.45, 2.75) is 32.7 Å². The predicted octanol–water partition coefficient (Wildman–Crippen LogP) is 4.12. The van der Waals surface area contributed by atoms with Crippen LogP contribution in [0.2, 0.25) is 0 Å². The molecule has 0 unspecified atom stereocenters. The van der Waals surface area contributed by atoms with Gasteiger partial charge in [-0.25, -0.2) is 0 Å². The zero-order chi connectivity index (χ0) is 19.8. The Morgan fingerprint density at radius 3 is 2.54 bits per heavy atom. The molecule has 0 saturated heterocycles. The summed E-state index contributed by atoms with van der Waals surface area (Å²) >= 11 is 0. The Labute approximate surface area is 165 Å². The van der Waals surface area contributed by atoms with Crippen molar-refractivity contribution in [2.75, 3.05) is 13.7 Å². The lowest BCUT2D eigenvalue weighted by Crippen LogP contribution is -2.30. The second-order valence-corrected chi connectivity index (χ2v) is 6.49. The van der Waals surface area contributed by atoms with Crippen molar-refractivity contribution in [2.24, 2.45) is 0 Å². The first-order valence-corrected chi connectivity index (χ1v) is 9.48. The number of benzene rings is 2. The van der Waals surface area contributed by atoms with E-state index in [-0.39, 0.29) is 5.91 Å². The molecule has 1 amide bonds. The van der Waals surface area contributed by atoms with E-state index in [2.05, 4.69) is 22.3 Å². The molecule has 6 heteroatoms. The number of nitrogens with zero attached hydrogens (tertiary/aromatic N) is 3. The van der Waals surface area contributed by atoms with Gasteiger partial charge in [0.15, 0.2) is 0 Å². The Bertz CT molecular complexity index is 876. The quantitative estimate of drug-likeness (QED) is 0.559. The van der Waals surface area contributed by atoms with Gasteiger partial charge < -0.3 is 14.2 Å². The van der Waals surface area contributed by atoms with Crippen LogP contribution in [-0.4, -0.2) is 34.6 Å². The third kappa shape index (κ3) is 5.19. The van der Waals surface area contributed by atoms with Crippen LogP contribution < -0.4 is 4.74 Å². The molecule has 0 N–H and O–H groups in total. The summed E-state index contributed by atoms with van der Waals surface area (Å²) in [5.74, 6) is 1.81. The van der Waals surface area contributed by atoms with Gasteiger partial charge in [0.1, 0.15) is 5.75 Å². The monoisotopic (exact) mass is 379 g/mol. The maximum Gasteiger partial charge on any atom is 0.246 e. The van der Waals surface area contributed by atoms with Crippen LogP contribution in [-0.2, 0) is 17.8 Å². The molecule has 0 bridgehead atoms. The van der Waals surface area contributed by atoms with E-state index in [1.807, 2.05) is 49.4 Å². The van der Waals surface area contributed by atoms with Crippen LogP contribution in [0.5, 0.6) is 5.75 Å². The summed E-state index contributed by atoms with van der Waals surface area (Å²) in [6, 6.07) is 17.6. The average molecular weight is 379 g/mol. The highest BCUT2D eigenvalue weighted by atomic mass is 16.5. The highest BCUT2D eigenvalue weighted by Crippen LogP contribution is 2.20. The van der Waals surface area contributed by atoms with Gasteiger partial charge in [-0.15, -0.1) is 0 Å². The molecule has 3 rings (SSSR count). The van der Waals surface area contributed by atoms with E-state index in [0.29, 0.717) is 31.2 Å². The van der Waals surface area contributed by atoms with E-state index in [9.17, 15) is 4.79 Å². The number of hydrogen-bond donors (Lipinski definition) is 0. The molecule has 0 atom stereocenters. The van der Waals surface area contributed by atoms with Gasteiger partial charge in [-0.2, -0.15) is 4.98 Å². The lowest BCUT2D eigenvalue weighted by atomic mass is 10.1. The van der Waals surface area contributed by atoms with Crippen LogP contribution in [0.3, 0.4) is 0 Å². The second kappa shape index (κ2) is 9.69. The lowest BCUT2D eigenvalue weighted by Gasteiger charge is -2.18. The molecule has 1 aromatic heterocycles. The Kier molecular flexibility index (Phi) is 6.78. The van der Waals surface area contributed by atoms with Crippen molar-refractivity contribution in [3.63, 3.8) is 0 Å². The van der Waals surface area contributed by atoms with Crippen molar-refractivity contribution in [3.05, 3.63) is 66.1 Å². The fraction of sp³-hybridized carbons (Fsp3) is 0.318. The first-order chi connectivity index (χ1) is 13.7. The van der Waals surface area contributed by atoms with Gasteiger partial charge >= 0.3 is 0 Å². The van der Waals surface area contributed by atoms with Crippen LogP contribution in [0, 0.1) is 0 Å². The van der Waals surface area contributed by atoms with Gasteiger partial charge in [0.25, 0.3) is 0 Å². The number of ether oxygens (including phenoxy) is 1. The van der Waals surface area contributed by atoms with Crippen molar-refractivity contribution in [1.82, 2.24) is 15.0 Å². The minimum atomic E-state index is 0.0997. The largest absolute Gasteiger partial charge is 0.497 e. The predicted molar refractivity (Wildman–Crippen MR) is 107 cm³/mol. The molecule has 0 spiro atoms. The smallest absolute Gasteiger partial charge is 0.246 e. The van der Waals surface area contributed by atoms with Crippen molar-refractivity contribution >= 4 is 5.91 Å². The van der Waals surface area contributed by atoms with E-state index in [1.54, 1.807) is 12.0 Å². The van der Waals surface area contributed by atoms with Crippen molar-refractivity contribution in [1.29, 1.82) is 0 Å². The molecule has 0 radical (unpaired) electrons. The van der Waals surface area contributed by atoms with E-state index in [0.717, 1.165) is 24.2 Å². The summed E-state index contributed by atoms with van der Waals surface area (Å²) < 4.78 is 10.5. The molecule has 0 fully saturated rings. The average Bonchev–Trinajstić information content (AvgIpc) is 3.21. The SMILES string of the molecule is CCN(Cc1nc(-c2ccc(OC)cc2)no1)C(=O)CCCc1ccccc1. The molecule has 0 aliphatic carbocycles. The molecule has 0 aliphatic heterocycles. The Morgan fingerprint density at radius 2 is 1.86 bits per heavy atom.